The maximum atomic E-state index is 14.7. The van der Waals surface area contributed by atoms with Crippen molar-refractivity contribution in [2.24, 2.45) is 10.9 Å². The van der Waals surface area contributed by atoms with Crippen LogP contribution in [0.25, 0.3) is 5.52 Å². The van der Waals surface area contributed by atoms with Crippen molar-refractivity contribution in [1.82, 2.24) is 14.6 Å². The molecule has 1 fully saturated rings. The maximum Gasteiger partial charge on any atom is 0.421 e. The summed E-state index contributed by atoms with van der Waals surface area (Å²) in [6.45, 7) is 29.6. The van der Waals surface area contributed by atoms with E-state index in [-0.39, 0.29) is 22.6 Å². The van der Waals surface area contributed by atoms with E-state index in [9.17, 15) is 9.36 Å². The summed E-state index contributed by atoms with van der Waals surface area (Å²) in [5.74, 6) is 1.48. The highest BCUT2D eigenvalue weighted by molar-refractivity contribution is 7.70. The van der Waals surface area contributed by atoms with Gasteiger partial charge in [0, 0.05) is 0 Å². The number of anilines is 1. The largest absolute Gasteiger partial charge is 0.464 e. The molecule has 0 bridgehead atoms. The molecule has 0 spiro atoms. The lowest BCUT2D eigenvalue weighted by Gasteiger charge is -2.45. The summed E-state index contributed by atoms with van der Waals surface area (Å²) in [7, 11) is -9.20. The highest BCUT2D eigenvalue weighted by Gasteiger charge is 2.60. The molecule has 3 aromatic rings. The van der Waals surface area contributed by atoms with Crippen LogP contribution in [0.15, 0.2) is 53.8 Å². The van der Waals surface area contributed by atoms with E-state index in [0.717, 1.165) is 18.8 Å². The van der Waals surface area contributed by atoms with E-state index in [1.807, 2.05) is 25.1 Å². The third-order valence-electron chi connectivity index (χ3n) is 11.8. The number of nitrogen functional groups attached to an aromatic ring is 1. The molecule has 1 aromatic carbocycles. The van der Waals surface area contributed by atoms with E-state index < -0.39 is 60.2 Å². The molecule has 2 aromatic heterocycles. The first-order valence-corrected chi connectivity index (χ1v) is 27.1. The second-order valence-corrected chi connectivity index (χ2v) is 29.3. The van der Waals surface area contributed by atoms with Crippen molar-refractivity contribution in [3.8, 4) is 5.75 Å². The van der Waals surface area contributed by atoms with Gasteiger partial charge in [0.25, 0.3) is 0 Å². The third-order valence-corrected chi connectivity index (χ3v) is 22.2. The molecule has 3 unspecified atom stereocenters. The van der Waals surface area contributed by atoms with Crippen LogP contribution >= 0.6 is 7.60 Å². The predicted octanol–water partition coefficient (Wildman–Crippen LogP) is 9.39. The predicted molar refractivity (Wildman–Crippen MR) is 227 cm³/mol. The molecule has 0 aliphatic carbocycles. The number of ether oxygens (including phenoxy) is 2. The third kappa shape index (κ3) is 10.4. The number of aromatic nitrogens is 3. The molecule has 3 heterocycles. The first-order valence-electron chi connectivity index (χ1n) is 19.7. The van der Waals surface area contributed by atoms with Crippen LogP contribution in [0.2, 0.25) is 36.3 Å². The van der Waals surface area contributed by atoms with Crippen molar-refractivity contribution in [2.75, 3.05) is 18.9 Å². The first-order chi connectivity index (χ1) is 25.9. The molecule has 2 N–H and O–H groups in total. The summed E-state index contributed by atoms with van der Waals surface area (Å²) in [6.07, 6.45) is 1.09. The average molecular weight is 832 g/mol. The van der Waals surface area contributed by atoms with Crippen LogP contribution in [0.4, 0.5) is 5.82 Å². The fourth-order valence-corrected chi connectivity index (χ4v) is 9.88. The minimum Gasteiger partial charge on any atom is -0.464 e. The van der Waals surface area contributed by atoms with Crippen molar-refractivity contribution in [3.05, 3.63) is 54.5 Å². The summed E-state index contributed by atoms with van der Waals surface area (Å²) in [4.78, 5) is 21.5. The molecule has 13 nitrogen and oxygen atoms in total. The van der Waals surface area contributed by atoms with Crippen molar-refractivity contribution >= 4 is 47.5 Å². The number of fused-ring (bicyclic) bond motifs is 1. The van der Waals surface area contributed by atoms with Crippen molar-refractivity contribution < 1.29 is 36.7 Å². The Hall–Kier alpha value is -2.92. The Bertz CT molecular complexity index is 1860. The Labute approximate surface area is 336 Å². The van der Waals surface area contributed by atoms with E-state index in [1.165, 1.54) is 6.33 Å². The molecule has 4 rings (SSSR count). The molecule has 0 radical (unpaired) electrons. The van der Waals surface area contributed by atoms with Gasteiger partial charge in [-0.2, -0.15) is 5.10 Å². The zero-order valence-corrected chi connectivity index (χ0v) is 38.9. The second kappa shape index (κ2) is 17.5. The molecule has 0 amide bonds. The van der Waals surface area contributed by atoms with Gasteiger partial charge in [0.2, 0.25) is 0 Å². The summed E-state index contributed by atoms with van der Waals surface area (Å²) < 4.78 is 56.1. The minimum atomic E-state index is -4.18. The van der Waals surface area contributed by atoms with Gasteiger partial charge in [0.05, 0.1) is 18.9 Å². The number of hydrogen-bond donors (Lipinski definition) is 1. The van der Waals surface area contributed by atoms with Gasteiger partial charge in [-0.1, -0.05) is 86.4 Å². The number of rotatable bonds is 17. The molecule has 1 saturated heterocycles. The highest BCUT2D eigenvalue weighted by atomic mass is 31.2. The molecule has 312 valence electrons. The zero-order valence-electron chi connectivity index (χ0n) is 36.0. The summed E-state index contributed by atoms with van der Waals surface area (Å²) in [5, 5.41) is 4.25. The number of carbonyl (C=O) groups is 1. The minimum absolute atomic E-state index is 0.153. The van der Waals surface area contributed by atoms with E-state index in [4.69, 9.17) is 33.1 Å². The van der Waals surface area contributed by atoms with E-state index in [2.05, 4.69) is 96.7 Å². The van der Waals surface area contributed by atoms with Gasteiger partial charge in [-0.05, 0) is 80.3 Å². The molecule has 1 aliphatic heterocycles. The Morgan fingerprint density at radius 2 is 1.62 bits per heavy atom. The fourth-order valence-electron chi connectivity index (χ4n) is 5.93. The number of para-hydroxylation sites is 1. The molecular weight excluding hydrogens is 766 g/mol. The Balaban J connectivity index is 1.79. The van der Waals surface area contributed by atoms with Crippen LogP contribution in [-0.4, -0.2) is 80.7 Å². The lowest BCUT2D eigenvalue weighted by molar-refractivity contribution is -0.146. The topological polar surface area (TPSA) is 158 Å². The highest BCUT2D eigenvalue weighted by Crippen LogP contribution is 2.52. The maximum absolute atomic E-state index is 14.7. The number of nitrogens with two attached hydrogens (primary N) is 1. The fraction of sp³-hybridized carbons (Fsp3) is 0.650. The van der Waals surface area contributed by atoms with Crippen LogP contribution in [0, 0.1) is 5.92 Å². The van der Waals surface area contributed by atoms with E-state index in [0.29, 0.717) is 29.4 Å². The van der Waals surface area contributed by atoms with Gasteiger partial charge in [-0.25, -0.2) is 18.9 Å². The molecule has 1 aliphatic rings. The smallest absolute Gasteiger partial charge is 0.421 e. The van der Waals surface area contributed by atoms with Crippen LogP contribution in [0.3, 0.4) is 0 Å². The van der Waals surface area contributed by atoms with Gasteiger partial charge in [0.1, 0.15) is 53.5 Å². The van der Waals surface area contributed by atoms with Crippen molar-refractivity contribution in [2.45, 2.75) is 148 Å². The van der Waals surface area contributed by atoms with Gasteiger partial charge < -0.3 is 28.6 Å². The molecule has 16 heteroatoms. The molecule has 56 heavy (non-hydrogen) atoms. The van der Waals surface area contributed by atoms with E-state index >= 15 is 0 Å². The van der Waals surface area contributed by atoms with Crippen LogP contribution < -0.4 is 10.3 Å². The monoisotopic (exact) mass is 831 g/mol. The van der Waals surface area contributed by atoms with E-state index in [1.54, 1.807) is 35.7 Å². The Morgan fingerprint density at radius 3 is 2.21 bits per heavy atom. The Morgan fingerprint density at radius 1 is 1.02 bits per heavy atom. The lowest BCUT2D eigenvalue weighted by atomic mass is 9.93. The average Bonchev–Trinajstić information content (AvgIpc) is 3.66. The van der Waals surface area contributed by atoms with Crippen LogP contribution in [-0.2, 0) is 37.8 Å². The second-order valence-electron chi connectivity index (χ2n) is 18.1. The molecule has 0 saturated carbocycles. The molecular formula is C40H66N5O8PSi2. The van der Waals surface area contributed by atoms with Gasteiger partial charge in [-0.3, -0.25) is 9.52 Å². The SMILES string of the molecule is CCC(CC)COC(=O)[C@H](C)N=CP(=O)(OC[C@H]1O[C@@](C)(c2ccc3c(N)ncnn23)C(O[Si](C)(C)C(C)(C)C)C1O[Si](C)(C)C(C)(C)C)Oc1ccccc1. The lowest BCUT2D eigenvalue weighted by Crippen LogP contribution is -2.56. The summed E-state index contributed by atoms with van der Waals surface area (Å²) in [5.41, 5.74) is 6.48. The number of benzene rings is 1. The van der Waals surface area contributed by atoms with Crippen LogP contribution in [0.5, 0.6) is 5.75 Å². The number of esters is 1. The number of aliphatic imine (C=N–C) groups is 1. The first kappa shape index (κ1) is 45.8. The quantitative estimate of drug-likeness (QED) is 0.0598. The normalized spacial score (nSPS) is 22.8. The summed E-state index contributed by atoms with van der Waals surface area (Å²) in [6, 6.07) is 11.6. The van der Waals surface area contributed by atoms with Crippen molar-refractivity contribution in [3.63, 3.8) is 0 Å². The van der Waals surface area contributed by atoms with Crippen molar-refractivity contribution in [1.29, 1.82) is 0 Å². The standard InChI is InChI=1S/C40H66N5O8PSi2/c1-15-29(16-2)24-48-37(46)28(3)43-27-54(47,51-30-20-18-17-19-21-30)49-25-32-34(52-55(11,12)38(4,5)6)35(53-56(13,14)39(7,8)9)40(10,50-32)33-23-22-31-36(41)42-26-44-45(31)33/h17-23,26-29,32,34-35H,15-16,24-25H2,1-14H3,(H2,41,42,44)/t28-,32+,34?,35?,40-,54?/m0/s1. The number of carbonyl (C=O) groups excluding carboxylic acids is 1. The number of hydrogen-bond acceptors (Lipinski definition) is 12. The van der Waals surface area contributed by atoms with Gasteiger partial charge in [0.15, 0.2) is 22.5 Å². The number of nitrogens with zero attached hydrogens (tertiary/aromatic N) is 4. The molecule has 6 atom stereocenters. The van der Waals surface area contributed by atoms with Crippen LogP contribution in [0.1, 0.15) is 87.8 Å². The van der Waals surface area contributed by atoms with Gasteiger partial charge >= 0.3 is 13.6 Å². The zero-order chi connectivity index (χ0) is 41.9. The van der Waals surface area contributed by atoms with Gasteiger partial charge in [-0.15, -0.1) is 0 Å². The Kier molecular flexibility index (Phi) is 14.3. The summed E-state index contributed by atoms with van der Waals surface area (Å²) >= 11 is 0.